The number of nitrogens with one attached hydrogen (secondary N) is 1. The number of hydrogen-bond donors (Lipinski definition) is 1. The molecule has 2 heterocycles. The van der Waals surface area contributed by atoms with Crippen molar-refractivity contribution in [2.24, 2.45) is 0 Å². The van der Waals surface area contributed by atoms with Crippen molar-refractivity contribution < 1.29 is 9.21 Å². The Bertz CT molecular complexity index is 561. The minimum absolute atomic E-state index is 0.168. The van der Waals surface area contributed by atoms with Crippen molar-refractivity contribution in [1.29, 1.82) is 0 Å². The van der Waals surface area contributed by atoms with Crippen LogP contribution in [0.1, 0.15) is 34.3 Å². The number of hydrogen-bond acceptors (Lipinski definition) is 5. The number of thiophene rings is 1. The molecule has 1 amide bonds. The maximum Gasteiger partial charge on any atom is 0.322 e. The van der Waals surface area contributed by atoms with E-state index in [-0.39, 0.29) is 11.9 Å². The van der Waals surface area contributed by atoms with Gasteiger partial charge in [0.2, 0.25) is 5.89 Å². The fourth-order valence-corrected chi connectivity index (χ4v) is 2.66. The van der Waals surface area contributed by atoms with Gasteiger partial charge < -0.3 is 4.42 Å². The zero-order valence-electron chi connectivity index (χ0n) is 8.64. The zero-order chi connectivity index (χ0) is 11.8. The Hall–Kier alpha value is -1.21. The summed E-state index contributed by atoms with van der Waals surface area (Å²) in [7, 11) is 0. The second kappa shape index (κ2) is 4.23. The number of aromatic nitrogens is 2. The van der Waals surface area contributed by atoms with Gasteiger partial charge in [0.25, 0.3) is 5.91 Å². The van der Waals surface area contributed by atoms with Crippen molar-refractivity contribution in [3.8, 4) is 0 Å². The van der Waals surface area contributed by atoms with Crippen LogP contribution in [-0.4, -0.2) is 16.1 Å². The average molecular weight is 314 g/mol. The van der Waals surface area contributed by atoms with E-state index in [0.29, 0.717) is 16.7 Å². The third kappa shape index (κ3) is 2.39. The Balaban J connectivity index is 1.71. The molecule has 0 atom stereocenters. The van der Waals surface area contributed by atoms with E-state index in [0.717, 1.165) is 16.6 Å². The van der Waals surface area contributed by atoms with Crippen molar-refractivity contribution in [2.75, 3.05) is 5.32 Å². The van der Waals surface area contributed by atoms with Crippen molar-refractivity contribution in [3.05, 3.63) is 26.7 Å². The second-order valence-electron chi connectivity index (χ2n) is 3.78. The molecule has 2 aromatic rings. The number of amides is 1. The maximum atomic E-state index is 11.8. The number of nitrogens with zero attached hydrogens (tertiary/aromatic N) is 2. The molecule has 2 aromatic heterocycles. The van der Waals surface area contributed by atoms with E-state index in [1.807, 2.05) is 6.07 Å². The molecule has 0 radical (unpaired) electrons. The summed E-state index contributed by atoms with van der Waals surface area (Å²) in [6.45, 7) is 0. The summed E-state index contributed by atoms with van der Waals surface area (Å²) in [6.07, 6.45) is 2.18. The van der Waals surface area contributed by atoms with Crippen LogP contribution in [0.5, 0.6) is 0 Å². The lowest BCUT2D eigenvalue weighted by atomic mass is 10.4. The van der Waals surface area contributed by atoms with Crippen molar-refractivity contribution in [1.82, 2.24) is 10.2 Å². The standard InChI is InChI=1S/C10H8BrN3O2S/c11-7-4-3-6(17-7)8(15)12-10-14-13-9(16-10)5-1-2-5/h3-5H,1-2H2,(H,12,14,15). The van der Waals surface area contributed by atoms with E-state index >= 15 is 0 Å². The lowest BCUT2D eigenvalue weighted by molar-refractivity contribution is 0.102. The number of carbonyl (C=O) groups excluding carboxylic acids is 1. The van der Waals surface area contributed by atoms with E-state index < -0.39 is 0 Å². The normalized spacial score (nSPS) is 14.9. The first-order valence-corrected chi connectivity index (χ1v) is 6.73. The first-order valence-electron chi connectivity index (χ1n) is 5.12. The molecule has 0 bridgehead atoms. The molecule has 0 unspecified atom stereocenters. The topological polar surface area (TPSA) is 68.0 Å². The third-order valence-corrected chi connectivity index (χ3v) is 4.01. The van der Waals surface area contributed by atoms with Crippen LogP contribution in [0.4, 0.5) is 6.01 Å². The van der Waals surface area contributed by atoms with E-state index in [9.17, 15) is 4.79 Å². The summed E-state index contributed by atoms with van der Waals surface area (Å²) >= 11 is 4.66. The highest BCUT2D eigenvalue weighted by Crippen LogP contribution is 2.39. The number of rotatable bonds is 3. The molecule has 0 aliphatic heterocycles. The summed E-state index contributed by atoms with van der Waals surface area (Å²) in [5, 5.41) is 10.3. The SMILES string of the molecule is O=C(Nc1nnc(C2CC2)o1)c1ccc(Br)s1. The van der Waals surface area contributed by atoms with Gasteiger partial charge in [0.15, 0.2) is 0 Å². The van der Waals surface area contributed by atoms with Gasteiger partial charge in [-0.3, -0.25) is 10.1 Å². The van der Waals surface area contributed by atoms with Crippen LogP contribution in [0.25, 0.3) is 0 Å². The molecule has 0 aromatic carbocycles. The molecule has 1 aliphatic carbocycles. The molecule has 0 spiro atoms. The molecular weight excluding hydrogens is 306 g/mol. The first kappa shape index (κ1) is 10.9. The van der Waals surface area contributed by atoms with Gasteiger partial charge in [-0.25, -0.2) is 0 Å². The van der Waals surface area contributed by atoms with Gasteiger partial charge in [0, 0.05) is 5.92 Å². The van der Waals surface area contributed by atoms with Gasteiger partial charge in [-0.2, -0.15) is 0 Å². The quantitative estimate of drug-likeness (QED) is 0.945. The van der Waals surface area contributed by atoms with Crippen LogP contribution < -0.4 is 5.32 Å². The fraction of sp³-hybridized carbons (Fsp3) is 0.300. The molecule has 7 heteroatoms. The van der Waals surface area contributed by atoms with Gasteiger partial charge in [0.1, 0.15) is 0 Å². The third-order valence-electron chi connectivity index (χ3n) is 2.38. The molecule has 0 saturated heterocycles. The van der Waals surface area contributed by atoms with Crippen molar-refractivity contribution in [2.45, 2.75) is 18.8 Å². The molecule has 88 valence electrons. The molecule has 1 N–H and O–H groups in total. The summed E-state index contributed by atoms with van der Waals surface area (Å²) < 4.78 is 6.25. The van der Waals surface area contributed by atoms with E-state index in [1.54, 1.807) is 6.07 Å². The Kier molecular flexibility index (Phi) is 2.71. The lowest BCUT2D eigenvalue weighted by Crippen LogP contribution is -2.10. The Morgan fingerprint density at radius 2 is 2.29 bits per heavy atom. The van der Waals surface area contributed by atoms with Gasteiger partial charge in [0.05, 0.1) is 8.66 Å². The van der Waals surface area contributed by atoms with Crippen LogP contribution in [0, 0.1) is 0 Å². The van der Waals surface area contributed by atoms with Gasteiger partial charge in [-0.05, 0) is 40.9 Å². The highest BCUT2D eigenvalue weighted by molar-refractivity contribution is 9.11. The molecule has 1 saturated carbocycles. The number of carbonyl (C=O) groups is 1. The Labute approximate surface area is 109 Å². The van der Waals surface area contributed by atoms with E-state index in [1.165, 1.54) is 11.3 Å². The molecule has 1 aliphatic rings. The smallest absolute Gasteiger partial charge is 0.322 e. The van der Waals surface area contributed by atoms with E-state index in [2.05, 4.69) is 31.4 Å². The molecule has 5 nitrogen and oxygen atoms in total. The zero-order valence-corrected chi connectivity index (χ0v) is 11.0. The summed E-state index contributed by atoms with van der Waals surface area (Å²) in [6, 6.07) is 3.73. The first-order chi connectivity index (χ1) is 8.22. The average Bonchev–Trinajstić information content (AvgIpc) is 2.90. The molecule has 1 fully saturated rings. The largest absolute Gasteiger partial charge is 0.408 e. The van der Waals surface area contributed by atoms with Crippen LogP contribution in [0.3, 0.4) is 0 Å². The predicted octanol–water partition coefficient (Wildman–Crippen LogP) is 3.02. The molecule has 3 rings (SSSR count). The minimum Gasteiger partial charge on any atom is -0.408 e. The van der Waals surface area contributed by atoms with Crippen LogP contribution in [0.2, 0.25) is 0 Å². The molecular formula is C10H8BrN3O2S. The number of anilines is 1. The van der Waals surface area contributed by atoms with Crippen molar-refractivity contribution in [3.63, 3.8) is 0 Å². The summed E-state index contributed by atoms with van der Waals surface area (Å²) in [5.74, 6) is 0.781. The maximum absolute atomic E-state index is 11.8. The Morgan fingerprint density at radius 1 is 1.47 bits per heavy atom. The van der Waals surface area contributed by atoms with E-state index in [4.69, 9.17) is 4.42 Å². The van der Waals surface area contributed by atoms with Gasteiger partial charge in [-0.1, -0.05) is 5.10 Å². The fourth-order valence-electron chi connectivity index (χ4n) is 1.38. The van der Waals surface area contributed by atoms with Crippen LogP contribution in [0.15, 0.2) is 20.3 Å². The van der Waals surface area contributed by atoms with Crippen LogP contribution in [-0.2, 0) is 0 Å². The summed E-state index contributed by atoms with van der Waals surface area (Å²) in [5.41, 5.74) is 0. The summed E-state index contributed by atoms with van der Waals surface area (Å²) in [4.78, 5) is 12.4. The minimum atomic E-state index is -0.230. The highest BCUT2D eigenvalue weighted by atomic mass is 79.9. The highest BCUT2D eigenvalue weighted by Gasteiger charge is 2.29. The van der Waals surface area contributed by atoms with Gasteiger partial charge >= 0.3 is 6.01 Å². The predicted molar refractivity (Wildman–Crippen MR) is 66.2 cm³/mol. The molecule has 17 heavy (non-hydrogen) atoms. The van der Waals surface area contributed by atoms with Crippen LogP contribution >= 0.6 is 27.3 Å². The van der Waals surface area contributed by atoms with Gasteiger partial charge in [-0.15, -0.1) is 16.4 Å². The Morgan fingerprint density at radius 3 is 2.94 bits per heavy atom. The monoisotopic (exact) mass is 313 g/mol. The van der Waals surface area contributed by atoms with Crippen molar-refractivity contribution >= 4 is 39.2 Å². The second-order valence-corrected chi connectivity index (χ2v) is 6.24. The lowest BCUT2D eigenvalue weighted by Gasteiger charge is -1.95. The number of halogens is 1.